The zero-order valence-corrected chi connectivity index (χ0v) is 6.00. The van der Waals surface area contributed by atoms with Gasteiger partial charge in [-0.05, 0) is 0 Å². The van der Waals surface area contributed by atoms with Gasteiger partial charge in [-0.15, -0.1) is 0 Å². The van der Waals surface area contributed by atoms with Crippen molar-refractivity contribution < 1.29 is 14.3 Å². The molecule has 0 saturated heterocycles. The Morgan fingerprint density at radius 3 is 2.45 bits per heavy atom. The summed E-state index contributed by atoms with van der Waals surface area (Å²) in [6.07, 6.45) is 0.790. The average molecular weight is 155 g/mol. The van der Waals surface area contributed by atoms with Crippen LogP contribution in [-0.4, -0.2) is 11.9 Å². The summed E-state index contributed by atoms with van der Waals surface area (Å²) in [5.74, 6) is -1.30. The third kappa shape index (κ3) is 3.91. The third-order valence-corrected chi connectivity index (χ3v) is 0.921. The van der Waals surface area contributed by atoms with E-state index in [4.69, 9.17) is 5.73 Å². The highest BCUT2D eigenvalue weighted by molar-refractivity contribution is 5.95. The molecule has 0 aromatic rings. The second-order valence-electron chi connectivity index (χ2n) is 1.80. The summed E-state index contributed by atoms with van der Waals surface area (Å²) in [5, 5.41) is 0. The van der Waals surface area contributed by atoms with Crippen LogP contribution >= 0.6 is 0 Å². The van der Waals surface area contributed by atoms with Gasteiger partial charge in [-0.1, -0.05) is 13.2 Å². The first kappa shape index (κ1) is 9.42. The Bertz CT molecular complexity index is 208. The van der Waals surface area contributed by atoms with E-state index in [1.165, 1.54) is 0 Å². The van der Waals surface area contributed by atoms with Crippen LogP contribution in [0.3, 0.4) is 0 Å². The number of esters is 1. The van der Waals surface area contributed by atoms with Crippen molar-refractivity contribution in [1.82, 2.24) is 0 Å². The maximum absolute atomic E-state index is 10.6. The predicted octanol–water partition coefficient (Wildman–Crippen LogP) is 0.105. The molecule has 0 unspecified atom stereocenters. The Morgan fingerprint density at radius 1 is 1.55 bits per heavy atom. The van der Waals surface area contributed by atoms with E-state index in [0.717, 1.165) is 6.26 Å². The van der Waals surface area contributed by atoms with Gasteiger partial charge >= 0.3 is 5.97 Å². The maximum atomic E-state index is 10.6. The van der Waals surface area contributed by atoms with Gasteiger partial charge in [0.2, 0.25) is 5.91 Å². The first-order valence-corrected chi connectivity index (χ1v) is 2.86. The Morgan fingerprint density at radius 2 is 2.09 bits per heavy atom. The highest BCUT2D eigenvalue weighted by atomic mass is 16.5. The topological polar surface area (TPSA) is 69.4 Å². The van der Waals surface area contributed by atoms with Crippen molar-refractivity contribution in [3.8, 4) is 0 Å². The van der Waals surface area contributed by atoms with Crippen LogP contribution in [0.1, 0.15) is 6.42 Å². The van der Waals surface area contributed by atoms with Gasteiger partial charge in [-0.25, -0.2) is 0 Å². The van der Waals surface area contributed by atoms with Gasteiger partial charge in [-0.2, -0.15) is 0 Å². The fraction of sp³-hybridized carbons (Fsp3) is 0.143. The minimum Gasteiger partial charge on any atom is -0.435 e. The summed E-state index contributed by atoms with van der Waals surface area (Å²) in [7, 11) is 0. The molecule has 0 radical (unpaired) electrons. The predicted molar refractivity (Wildman–Crippen MR) is 39.2 cm³/mol. The van der Waals surface area contributed by atoms with Crippen molar-refractivity contribution >= 4 is 11.9 Å². The van der Waals surface area contributed by atoms with E-state index in [0.29, 0.717) is 0 Å². The molecule has 11 heavy (non-hydrogen) atoms. The highest BCUT2D eigenvalue weighted by Crippen LogP contribution is 1.98. The van der Waals surface area contributed by atoms with Gasteiger partial charge in [0.1, 0.15) is 0 Å². The van der Waals surface area contributed by atoms with Crippen LogP contribution in [0.4, 0.5) is 0 Å². The Balaban J connectivity index is 3.85. The van der Waals surface area contributed by atoms with Crippen molar-refractivity contribution in [2.24, 2.45) is 5.73 Å². The second-order valence-corrected chi connectivity index (χ2v) is 1.80. The van der Waals surface area contributed by atoms with Gasteiger partial charge in [0.05, 0.1) is 12.7 Å². The third-order valence-electron chi connectivity index (χ3n) is 0.921. The van der Waals surface area contributed by atoms with Gasteiger partial charge < -0.3 is 10.5 Å². The molecule has 2 N–H and O–H groups in total. The number of ether oxygens (including phenoxy) is 1. The quantitative estimate of drug-likeness (QED) is 0.355. The van der Waals surface area contributed by atoms with Crippen molar-refractivity contribution in [3.05, 3.63) is 25.0 Å². The van der Waals surface area contributed by atoms with Crippen molar-refractivity contribution in [1.29, 1.82) is 0 Å². The molecule has 0 atom stereocenters. The second kappa shape index (κ2) is 4.27. The monoisotopic (exact) mass is 155 g/mol. The molecule has 0 saturated carbocycles. The number of carbonyl (C=O) groups excluding carboxylic acids is 2. The molecule has 0 aliphatic carbocycles. The van der Waals surface area contributed by atoms with E-state index in [2.05, 4.69) is 17.9 Å². The molecule has 0 aromatic carbocycles. The zero-order valence-electron chi connectivity index (χ0n) is 6.00. The lowest BCUT2D eigenvalue weighted by atomic mass is 10.2. The molecule has 0 aromatic heterocycles. The van der Waals surface area contributed by atoms with Gasteiger partial charge in [-0.3, -0.25) is 9.59 Å². The smallest absolute Gasteiger partial charge is 0.315 e. The van der Waals surface area contributed by atoms with Crippen molar-refractivity contribution in [2.75, 3.05) is 0 Å². The standard InChI is InChI=1S/C7H9NO3/c1-3-11-6(9)4-5(2)7(8)10/h3H,1-2,4H2,(H2,8,10). The fourth-order valence-electron chi connectivity index (χ4n) is 0.396. The highest BCUT2D eigenvalue weighted by Gasteiger charge is 2.07. The van der Waals surface area contributed by atoms with Gasteiger partial charge in [0, 0.05) is 5.57 Å². The Kier molecular flexibility index (Phi) is 3.66. The minimum atomic E-state index is -0.703. The first-order chi connectivity index (χ1) is 5.07. The Labute approximate surface area is 64.3 Å². The molecular weight excluding hydrogens is 146 g/mol. The summed E-state index contributed by atoms with van der Waals surface area (Å²) in [4.78, 5) is 20.9. The summed E-state index contributed by atoms with van der Waals surface area (Å²) in [6, 6.07) is 0. The molecule has 0 aliphatic heterocycles. The molecule has 0 fully saturated rings. The molecule has 60 valence electrons. The number of nitrogens with two attached hydrogens (primary N) is 1. The van der Waals surface area contributed by atoms with Crippen LogP contribution < -0.4 is 5.73 Å². The largest absolute Gasteiger partial charge is 0.435 e. The molecular formula is C7H9NO3. The van der Waals surface area contributed by atoms with Crippen LogP contribution in [0.25, 0.3) is 0 Å². The van der Waals surface area contributed by atoms with E-state index < -0.39 is 11.9 Å². The summed E-state index contributed by atoms with van der Waals surface area (Å²) in [5.41, 5.74) is 4.83. The molecule has 0 heterocycles. The van der Waals surface area contributed by atoms with Crippen LogP contribution in [0.2, 0.25) is 0 Å². The summed E-state index contributed by atoms with van der Waals surface area (Å²) < 4.78 is 4.32. The average Bonchev–Trinajstić information content (AvgIpc) is 1.87. The molecule has 0 bridgehead atoms. The van der Waals surface area contributed by atoms with E-state index in [-0.39, 0.29) is 12.0 Å². The van der Waals surface area contributed by atoms with Crippen molar-refractivity contribution in [2.45, 2.75) is 6.42 Å². The van der Waals surface area contributed by atoms with Crippen LogP contribution in [0.5, 0.6) is 0 Å². The van der Waals surface area contributed by atoms with Crippen molar-refractivity contribution in [3.63, 3.8) is 0 Å². The number of hydrogen-bond acceptors (Lipinski definition) is 3. The van der Waals surface area contributed by atoms with Crippen LogP contribution in [0.15, 0.2) is 25.0 Å². The zero-order chi connectivity index (χ0) is 8.85. The number of hydrogen-bond donors (Lipinski definition) is 1. The number of carbonyl (C=O) groups is 2. The SMILES string of the molecule is C=COC(=O)CC(=C)C(N)=O. The molecule has 0 aliphatic rings. The normalized spacial score (nSPS) is 8.36. The van der Waals surface area contributed by atoms with Crippen LogP contribution in [-0.2, 0) is 14.3 Å². The number of amides is 1. The molecule has 4 nitrogen and oxygen atoms in total. The lowest BCUT2D eigenvalue weighted by molar-refractivity contribution is -0.137. The van der Waals surface area contributed by atoms with Crippen LogP contribution in [0, 0.1) is 0 Å². The lowest BCUT2D eigenvalue weighted by Gasteiger charge is -1.97. The molecule has 1 amide bonds. The number of primary amides is 1. The van der Waals surface area contributed by atoms with E-state index in [1.807, 2.05) is 0 Å². The summed E-state index contributed by atoms with van der Waals surface area (Å²) in [6.45, 7) is 6.43. The lowest BCUT2D eigenvalue weighted by Crippen LogP contribution is -2.16. The van der Waals surface area contributed by atoms with Gasteiger partial charge in [0.15, 0.2) is 0 Å². The summed E-state index contributed by atoms with van der Waals surface area (Å²) >= 11 is 0. The van der Waals surface area contributed by atoms with E-state index >= 15 is 0 Å². The maximum Gasteiger partial charge on any atom is 0.315 e. The van der Waals surface area contributed by atoms with E-state index in [9.17, 15) is 9.59 Å². The molecule has 0 rings (SSSR count). The molecule has 4 heteroatoms. The first-order valence-electron chi connectivity index (χ1n) is 2.86. The van der Waals surface area contributed by atoms with Gasteiger partial charge in [0.25, 0.3) is 0 Å². The minimum absolute atomic E-state index is 0.0249. The molecule has 0 spiro atoms. The fourth-order valence-corrected chi connectivity index (χ4v) is 0.396. The Hall–Kier alpha value is -1.58. The number of rotatable bonds is 4. The van der Waals surface area contributed by atoms with E-state index in [1.54, 1.807) is 0 Å².